The molecule has 2 amide bonds. The second kappa shape index (κ2) is 5.87. The largest absolute Gasteiger partial charge is 0.353 e. The summed E-state index contributed by atoms with van der Waals surface area (Å²) in [6, 6.07) is 7.59. The van der Waals surface area contributed by atoms with Crippen molar-refractivity contribution >= 4 is 22.6 Å². The van der Waals surface area contributed by atoms with Gasteiger partial charge in [-0.3, -0.25) is 14.6 Å². The number of nitrogens with zero attached hydrogens (tertiary/aromatic N) is 2. The highest BCUT2D eigenvalue weighted by atomic mass is 16.2. The Kier molecular flexibility index (Phi) is 3.69. The Bertz CT molecular complexity index is 791. The summed E-state index contributed by atoms with van der Waals surface area (Å²) in [5.41, 5.74) is 0.199. The Morgan fingerprint density at radius 1 is 1.17 bits per heavy atom. The average molecular weight is 324 g/mol. The van der Waals surface area contributed by atoms with E-state index in [1.165, 1.54) is 0 Å². The number of fused-ring (bicyclic) bond motifs is 1. The van der Waals surface area contributed by atoms with Gasteiger partial charge in [0.15, 0.2) is 0 Å². The van der Waals surface area contributed by atoms with E-state index < -0.39 is 5.54 Å². The van der Waals surface area contributed by atoms with Crippen LogP contribution in [-0.2, 0) is 4.79 Å². The fraction of sp³-hybridized carbons (Fsp3) is 0.389. The smallest absolute Gasteiger partial charge is 0.254 e. The minimum Gasteiger partial charge on any atom is -0.353 e. The fourth-order valence-electron chi connectivity index (χ4n) is 3.70. The van der Waals surface area contributed by atoms with E-state index in [0.717, 1.165) is 17.3 Å². The van der Waals surface area contributed by atoms with Crippen LogP contribution in [0.2, 0.25) is 0 Å². The van der Waals surface area contributed by atoms with Gasteiger partial charge >= 0.3 is 0 Å². The highest BCUT2D eigenvalue weighted by Crippen LogP contribution is 2.26. The molecule has 4 rings (SSSR count). The molecule has 1 aromatic heterocycles. The third-order valence-electron chi connectivity index (χ3n) is 5.12. The third kappa shape index (κ3) is 2.43. The number of aromatic nitrogens is 1. The molecular weight excluding hydrogens is 304 g/mol. The van der Waals surface area contributed by atoms with Crippen molar-refractivity contribution in [3.05, 3.63) is 42.2 Å². The van der Waals surface area contributed by atoms with Gasteiger partial charge in [0.1, 0.15) is 5.54 Å². The zero-order chi connectivity index (χ0) is 16.6. The Balaban J connectivity index is 1.55. The van der Waals surface area contributed by atoms with Crippen LogP contribution in [0.4, 0.5) is 0 Å². The van der Waals surface area contributed by atoms with Crippen LogP contribution < -0.4 is 10.6 Å². The van der Waals surface area contributed by atoms with E-state index in [2.05, 4.69) is 15.6 Å². The molecule has 0 atom stereocenters. The van der Waals surface area contributed by atoms with Gasteiger partial charge in [-0.25, -0.2) is 0 Å². The van der Waals surface area contributed by atoms with Crippen molar-refractivity contribution in [3.8, 4) is 0 Å². The van der Waals surface area contributed by atoms with E-state index in [1.54, 1.807) is 12.4 Å². The Morgan fingerprint density at radius 2 is 2.00 bits per heavy atom. The number of hydrogen-bond acceptors (Lipinski definition) is 4. The number of hydrogen-bond donors (Lipinski definition) is 2. The lowest BCUT2D eigenvalue weighted by Gasteiger charge is -2.43. The molecule has 0 unspecified atom stereocenters. The van der Waals surface area contributed by atoms with Crippen LogP contribution >= 0.6 is 0 Å². The summed E-state index contributed by atoms with van der Waals surface area (Å²) < 4.78 is 0. The van der Waals surface area contributed by atoms with Crippen molar-refractivity contribution in [1.82, 2.24) is 20.5 Å². The standard InChI is InChI=1S/C18H20N4O2/c23-16(15-3-1-2-13-12-19-7-4-14(13)15)22-10-5-18(6-11-22)17(24)20-8-9-21-18/h1-4,7,12,21H,5-6,8-11H2,(H,20,24). The number of piperazine rings is 1. The van der Waals surface area contributed by atoms with Crippen LogP contribution in [0.15, 0.2) is 36.7 Å². The molecule has 2 fully saturated rings. The van der Waals surface area contributed by atoms with Crippen molar-refractivity contribution in [2.75, 3.05) is 26.2 Å². The summed E-state index contributed by atoms with van der Waals surface area (Å²) in [5.74, 6) is 0.0925. The van der Waals surface area contributed by atoms with Crippen LogP contribution in [0.1, 0.15) is 23.2 Å². The molecule has 2 aliphatic heterocycles. The van der Waals surface area contributed by atoms with Crippen molar-refractivity contribution in [3.63, 3.8) is 0 Å². The third-order valence-corrected chi connectivity index (χ3v) is 5.12. The number of rotatable bonds is 1. The average Bonchev–Trinajstić information content (AvgIpc) is 2.64. The molecule has 3 heterocycles. The maximum absolute atomic E-state index is 13.0. The van der Waals surface area contributed by atoms with Gasteiger partial charge in [0, 0.05) is 49.5 Å². The van der Waals surface area contributed by atoms with Gasteiger partial charge in [-0.1, -0.05) is 12.1 Å². The van der Waals surface area contributed by atoms with Crippen molar-refractivity contribution < 1.29 is 9.59 Å². The van der Waals surface area contributed by atoms with E-state index in [0.29, 0.717) is 38.0 Å². The molecule has 6 nitrogen and oxygen atoms in total. The molecule has 0 bridgehead atoms. The lowest BCUT2D eigenvalue weighted by molar-refractivity contribution is -0.131. The Morgan fingerprint density at radius 3 is 2.79 bits per heavy atom. The predicted molar refractivity (Wildman–Crippen MR) is 90.6 cm³/mol. The number of pyridine rings is 1. The fourth-order valence-corrected chi connectivity index (χ4v) is 3.70. The van der Waals surface area contributed by atoms with E-state index in [4.69, 9.17) is 0 Å². The molecule has 2 aliphatic rings. The van der Waals surface area contributed by atoms with Crippen LogP contribution in [0.3, 0.4) is 0 Å². The van der Waals surface area contributed by atoms with Crippen LogP contribution in [0, 0.1) is 0 Å². The Labute approximate surface area is 140 Å². The van der Waals surface area contributed by atoms with E-state index in [-0.39, 0.29) is 11.8 Å². The van der Waals surface area contributed by atoms with Gasteiger partial charge in [-0.2, -0.15) is 0 Å². The number of carbonyl (C=O) groups is 2. The maximum Gasteiger partial charge on any atom is 0.254 e. The molecule has 2 saturated heterocycles. The highest BCUT2D eigenvalue weighted by Gasteiger charge is 2.43. The first-order valence-electron chi connectivity index (χ1n) is 8.35. The molecule has 0 radical (unpaired) electrons. The van der Waals surface area contributed by atoms with Gasteiger partial charge in [0.2, 0.25) is 5.91 Å². The molecule has 0 saturated carbocycles. The quantitative estimate of drug-likeness (QED) is 0.818. The summed E-state index contributed by atoms with van der Waals surface area (Å²) in [7, 11) is 0. The van der Waals surface area contributed by atoms with Gasteiger partial charge in [0.25, 0.3) is 5.91 Å². The SMILES string of the molecule is O=C(c1cccc2cnccc12)N1CCC2(CC1)NCCNC2=O. The number of nitrogens with one attached hydrogen (secondary N) is 2. The molecule has 2 N–H and O–H groups in total. The van der Waals surface area contributed by atoms with Gasteiger partial charge in [-0.05, 0) is 30.4 Å². The van der Waals surface area contributed by atoms with Crippen LogP contribution in [0.25, 0.3) is 10.8 Å². The highest BCUT2D eigenvalue weighted by molar-refractivity contribution is 6.06. The molecule has 24 heavy (non-hydrogen) atoms. The number of piperidine rings is 1. The zero-order valence-corrected chi connectivity index (χ0v) is 13.4. The second-order valence-electron chi connectivity index (χ2n) is 6.46. The molecule has 124 valence electrons. The first-order chi connectivity index (χ1) is 11.7. The minimum atomic E-state index is -0.502. The Hall–Kier alpha value is -2.47. The number of benzene rings is 1. The topological polar surface area (TPSA) is 74.3 Å². The van der Waals surface area contributed by atoms with Gasteiger partial charge in [-0.15, -0.1) is 0 Å². The van der Waals surface area contributed by atoms with Gasteiger partial charge in [0.05, 0.1) is 0 Å². The van der Waals surface area contributed by atoms with Crippen molar-refractivity contribution in [2.24, 2.45) is 0 Å². The maximum atomic E-state index is 13.0. The number of carbonyl (C=O) groups excluding carboxylic acids is 2. The summed E-state index contributed by atoms with van der Waals surface area (Å²) in [6.07, 6.45) is 4.78. The summed E-state index contributed by atoms with van der Waals surface area (Å²) in [5, 5.41) is 8.17. The van der Waals surface area contributed by atoms with E-state index in [1.807, 2.05) is 29.2 Å². The summed E-state index contributed by atoms with van der Waals surface area (Å²) >= 11 is 0. The monoisotopic (exact) mass is 324 g/mol. The normalized spacial score (nSPS) is 20.2. The summed E-state index contributed by atoms with van der Waals surface area (Å²) in [6.45, 7) is 2.63. The molecule has 0 aliphatic carbocycles. The zero-order valence-electron chi connectivity index (χ0n) is 13.4. The van der Waals surface area contributed by atoms with Crippen LogP contribution in [0.5, 0.6) is 0 Å². The van der Waals surface area contributed by atoms with Crippen molar-refractivity contribution in [2.45, 2.75) is 18.4 Å². The molecule has 1 spiro atoms. The number of likely N-dealkylation sites (tertiary alicyclic amines) is 1. The molecule has 6 heteroatoms. The van der Waals surface area contributed by atoms with Crippen molar-refractivity contribution in [1.29, 1.82) is 0 Å². The molecule has 2 aromatic rings. The second-order valence-corrected chi connectivity index (χ2v) is 6.46. The van der Waals surface area contributed by atoms with Crippen LogP contribution in [-0.4, -0.2) is 53.4 Å². The lowest BCUT2D eigenvalue weighted by atomic mass is 9.85. The van der Waals surface area contributed by atoms with E-state index in [9.17, 15) is 9.59 Å². The number of amides is 2. The molecular formula is C18H20N4O2. The first kappa shape index (κ1) is 15.1. The summed E-state index contributed by atoms with van der Waals surface area (Å²) in [4.78, 5) is 31.1. The molecule has 1 aromatic carbocycles. The van der Waals surface area contributed by atoms with E-state index >= 15 is 0 Å². The minimum absolute atomic E-state index is 0.0258. The first-order valence-corrected chi connectivity index (χ1v) is 8.35. The predicted octanol–water partition coefficient (Wildman–Crippen LogP) is 0.929. The lowest BCUT2D eigenvalue weighted by Crippen LogP contribution is -2.66. The van der Waals surface area contributed by atoms with Gasteiger partial charge < -0.3 is 15.5 Å².